The molecule has 0 heterocycles. The van der Waals surface area contributed by atoms with Gasteiger partial charge in [-0.1, -0.05) is 120 Å². The van der Waals surface area contributed by atoms with Crippen LogP contribution in [0.5, 0.6) is 0 Å². The van der Waals surface area contributed by atoms with Crippen LogP contribution < -0.4 is 31.8 Å². The Kier molecular flexibility index (Phi) is 12.1. The predicted molar refractivity (Wildman–Crippen MR) is 223 cm³/mol. The van der Waals surface area contributed by atoms with Gasteiger partial charge in [-0.3, -0.25) is 0 Å². The number of alkyl halides is 6. The second-order valence-corrected chi connectivity index (χ2v) is 23.8. The molecule has 58 heavy (non-hydrogen) atoms. The molecule has 0 bridgehead atoms. The van der Waals surface area contributed by atoms with Crippen LogP contribution in [0.2, 0.25) is 0 Å². The molecule has 0 saturated carbocycles. The molecular formula is C42H38F6N2O4P2S2+2. The Hall–Kier alpha value is -4.42. The molecule has 16 heteroatoms. The minimum absolute atomic E-state index is 0.396. The SMILES string of the molecule is CCC(C)(N([P+](c1ccccc1)(c1ccccc1)c1ccccc1)[P+](c1ccccc1)(c1ccccc1)c1ccccc1)N(S(=O)(=O)C(F)(F)F)S(=O)(=O)C(F)(F)F. The van der Waals surface area contributed by atoms with Crippen molar-refractivity contribution in [3.63, 3.8) is 0 Å². The largest absolute Gasteiger partial charge is 0.512 e. The normalized spacial score (nSPS) is 14.3. The van der Waals surface area contributed by atoms with Crippen molar-refractivity contribution in [1.29, 1.82) is 0 Å². The summed E-state index contributed by atoms with van der Waals surface area (Å²) in [7, 11) is -23.1. The van der Waals surface area contributed by atoms with Gasteiger partial charge >= 0.3 is 31.1 Å². The van der Waals surface area contributed by atoms with Crippen molar-refractivity contribution in [2.45, 2.75) is 36.9 Å². The molecule has 0 radical (unpaired) electrons. The fraction of sp³-hybridized carbons (Fsp3) is 0.143. The summed E-state index contributed by atoms with van der Waals surface area (Å²) in [5.41, 5.74) is -16.2. The summed E-state index contributed by atoms with van der Waals surface area (Å²) in [5.74, 6) is 0. The summed E-state index contributed by atoms with van der Waals surface area (Å²) in [6.45, 7) is 2.07. The van der Waals surface area contributed by atoms with Crippen molar-refractivity contribution >= 4 is 66.7 Å². The fourth-order valence-electron chi connectivity index (χ4n) is 7.44. The predicted octanol–water partition coefficient (Wildman–Crippen LogP) is 8.23. The molecule has 1 unspecified atom stereocenters. The highest BCUT2D eigenvalue weighted by molar-refractivity contribution is 8.07. The van der Waals surface area contributed by atoms with E-state index in [4.69, 9.17) is 0 Å². The number of rotatable bonds is 13. The maximum Gasteiger partial charge on any atom is 0.512 e. The third-order valence-corrected chi connectivity index (χ3v) is 23.8. The number of benzene rings is 6. The van der Waals surface area contributed by atoms with Crippen LogP contribution >= 0.6 is 14.8 Å². The molecule has 0 fully saturated rings. The molecule has 6 rings (SSSR count). The lowest BCUT2D eigenvalue weighted by atomic mass is 10.2. The Morgan fingerprint density at radius 2 is 0.603 bits per heavy atom. The maximum absolute atomic E-state index is 15.2. The molecular weight excluding hydrogens is 837 g/mol. The second-order valence-electron chi connectivity index (χ2n) is 13.2. The quantitative estimate of drug-likeness (QED) is 0.0665. The van der Waals surface area contributed by atoms with E-state index in [0.29, 0.717) is 31.8 Å². The second kappa shape index (κ2) is 16.3. The van der Waals surface area contributed by atoms with E-state index in [0.717, 1.165) is 6.92 Å². The number of halogens is 6. The van der Waals surface area contributed by atoms with Gasteiger partial charge < -0.3 is 0 Å². The van der Waals surface area contributed by atoms with E-state index >= 15 is 26.3 Å². The lowest BCUT2D eigenvalue weighted by molar-refractivity contribution is -0.0588. The van der Waals surface area contributed by atoms with E-state index < -0.39 is 61.7 Å². The summed E-state index contributed by atoms with van der Waals surface area (Å²) < 4.78 is 148. The molecule has 6 aromatic rings. The minimum Gasteiger partial charge on any atom is -0.202 e. The number of sulfonamides is 2. The third-order valence-electron chi connectivity index (χ3n) is 9.86. The molecule has 302 valence electrons. The van der Waals surface area contributed by atoms with Crippen LogP contribution in [0.25, 0.3) is 0 Å². The van der Waals surface area contributed by atoms with Gasteiger partial charge in [0.2, 0.25) is 14.8 Å². The first-order valence-electron chi connectivity index (χ1n) is 17.8. The zero-order chi connectivity index (χ0) is 42.0. The Morgan fingerprint density at radius 3 is 0.759 bits per heavy atom. The summed E-state index contributed by atoms with van der Waals surface area (Å²) in [5, 5.41) is 2.38. The highest BCUT2D eigenvalue weighted by Crippen LogP contribution is 2.79. The van der Waals surface area contributed by atoms with Gasteiger partial charge in [-0.25, -0.2) is 16.8 Å². The standard InChI is InChI=1S/C42H38F6N2O4P2S2/c1-3-40(2,50(57(51,52)41(43,44)45)58(53,54)42(46,47)48)49(55(34-22-10-4-11-23-34,35-24-12-5-13-25-35)36-26-14-6-15-27-36)56(37-28-16-7-17-29-37,38-30-18-8-19-31-38)39-32-20-9-21-33-39/h4-33H,3H2,1-2H3/q+2. The van der Waals surface area contributed by atoms with Crippen molar-refractivity contribution in [2.75, 3.05) is 0 Å². The van der Waals surface area contributed by atoms with E-state index in [1.54, 1.807) is 182 Å². The highest BCUT2D eigenvalue weighted by atomic mass is 32.3. The smallest absolute Gasteiger partial charge is 0.202 e. The van der Waals surface area contributed by atoms with Gasteiger partial charge in [0, 0.05) is 0 Å². The lowest BCUT2D eigenvalue weighted by Crippen LogP contribution is -2.69. The van der Waals surface area contributed by atoms with E-state index in [1.165, 1.54) is 11.4 Å². The van der Waals surface area contributed by atoms with Gasteiger partial charge in [0.05, 0.1) is 0 Å². The average Bonchev–Trinajstić information content (AvgIpc) is 3.22. The van der Waals surface area contributed by atoms with Gasteiger partial charge in [0.25, 0.3) is 0 Å². The summed E-state index contributed by atoms with van der Waals surface area (Å²) in [4.78, 5) is 0. The maximum atomic E-state index is 15.2. The van der Waals surface area contributed by atoms with Gasteiger partial charge in [0.15, 0.2) is 5.66 Å². The zero-order valence-corrected chi connectivity index (χ0v) is 34.5. The molecule has 0 aliphatic rings. The summed E-state index contributed by atoms with van der Waals surface area (Å²) >= 11 is 0. The van der Waals surface area contributed by atoms with E-state index in [9.17, 15) is 16.8 Å². The Bertz CT molecular complexity index is 2160. The molecule has 6 aromatic carbocycles. The van der Waals surface area contributed by atoms with Crippen LogP contribution in [0.3, 0.4) is 0 Å². The van der Waals surface area contributed by atoms with Crippen molar-refractivity contribution < 1.29 is 43.2 Å². The molecule has 0 N–H and O–H groups in total. The number of nitrogens with zero attached hydrogens (tertiary/aromatic N) is 2. The lowest BCUT2D eigenvalue weighted by Gasteiger charge is -2.52. The molecule has 0 amide bonds. The van der Waals surface area contributed by atoms with Crippen LogP contribution in [0, 0.1) is 0 Å². The molecule has 6 nitrogen and oxygen atoms in total. The van der Waals surface area contributed by atoms with E-state index in [2.05, 4.69) is 0 Å². The van der Waals surface area contributed by atoms with Gasteiger partial charge in [-0.05, 0) is 90.6 Å². The molecule has 0 saturated heterocycles. The van der Waals surface area contributed by atoms with Crippen LogP contribution in [-0.4, -0.2) is 41.7 Å². The van der Waals surface area contributed by atoms with Gasteiger partial charge in [-0.2, -0.15) is 26.3 Å². The van der Waals surface area contributed by atoms with Crippen molar-refractivity contribution in [3.8, 4) is 0 Å². The zero-order valence-electron chi connectivity index (χ0n) is 31.0. The van der Waals surface area contributed by atoms with E-state index in [1.807, 2.05) is 0 Å². The van der Waals surface area contributed by atoms with Crippen molar-refractivity contribution in [2.24, 2.45) is 0 Å². The van der Waals surface area contributed by atoms with Crippen LogP contribution in [0.15, 0.2) is 182 Å². The Labute approximate surface area is 335 Å². The van der Waals surface area contributed by atoms with Crippen LogP contribution in [0.1, 0.15) is 20.3 Å². The first-order valence-corrected chi connectivity index (χ1v) is 24.2. The molecule has 0 aliphatic carbocycles. The first kappa shape index (κ1) is 43.2. The number of hydrogen-bond acceptors (Lipinski definition) is 5. The fourth-order valence-corrected chi connectivity index (χ4v) is 23.0. The molecule has 1 atom stereocenters. The summed E-state index contributed by atoms with van der Waals surface area (Å²) in [6.07, 6.45) is -0.889. The monoisotopic (exact) mass is 874 g/mol. The molecule has 0 spiro atoms. The third kappa shape index (κ3) is 7.07. The summed E-state index contributed by atoms with van der Waals surface area (Å²) in [6, 6.07) is 50.4. The van der Waals surface area contributed by atoms with Crippen LogP contribution in [-0.2, 0) is 20.0 Å². The van der Waals surface area contributed by atoms with Crippen molar-refractivity contribution in [1.82, 2.24) is 8.15 Å². The topological polar surface area (TPSA) is 74.8 Å². The first-order chi connectivity index (χ1) is 27.4. The molecule has 0 aliphatic heterocycles. The Balaban J connectivity index is 2.07. The average molecular weight is 875 g/mol. The van der Waals surface area contributed by atoms with Gasteiger partial charge in [-0.15, -0.1) is 0 Å². The molecule has 0 aromatic heterocycles. The Morgan fingerprint density at radius 1 is 0.414 bits per heavy atom. The minimum atomic E-state index is -7.39. The highest BCUT2D eigenvalue weighted by Gasteiger charge is 2.79. The number of hydrogen-bond donors (Lipinski definition) is 0. The van der Waals surface area contributed by atoms with E-state index in [-0.39, 0.29) is 0 Å². The van der Waals surface area contributed by atoms with Crippen molar-refractivity contribution in [3.05, 3.63) is 182 Å². The van der Waals surface area contributed by atoms with Gasteiger partial charge in [0.1, 0.15) is 31.8 Å². The van der Waals surface area contributed by atoms with Crippen LogP contribution in [0.4, 0.5) is 26.3 Å².